The monoisotopic (exact) mass is 279 g/mol. The SMILES string of the molecule is COCCNC(=O)CCNC(=O)[C@H](N)c1ccccc1. The lowest BCUT2D eigenvalue weighted by atomic mass is 10.1. The average Bonchev–Trinajstić information content (AvgIpc) is 2.47. The fourth-order valence-electron chi connectivity index (χ4n) is 1.60. The summed E-state index contributed by atoms with van der Waals surface area (Å²) in [5.41, 5.74) is 6.57. The lowest BCUT2D eigenvalue weighted by Gasteiger charge is -2.12. The molecule has 0 heterocycles. The number of rotatable bonds is 8. The number of amides is 2. The van der Waals surface area contributed by atoms with Gasteiger partial charge >= 0.3 is 0 Å². The van der Waals surface area contributed by atoms with Gasteiger partial charge in [-0.15, -0.1) is 0 Å². The highest BCUT2D eigenvalue weighted by Gasteiger charge is 2.14. The minimum atomic E-state index is -0.715. The molecule has 0 fully saturated rings. The van der Waals surface area contributed by atoms with Crippen LogP contribution in [0.3, 0.4) is 0 Å². The van der Waals surface area contributed by atoms with E-state index in [0.717, 1.165) is 5.56 Å². The van der Waals surface area contributed by atoms with Crippen LogP contribution in [0.5, 0.6) is 0 Å². The van der Waals surface area contributed by atoms with Crippen molar-refractivity contribution in [3.05, 3.63) is 35.9 Å². The molecule has 0 aliphatic rings. The molecule has 0 saturated carbocycles. The molecule has 0 bridgehead atoms. The first-order valence-corrected chi connectivity index (χ1v) is 6.49. The molecule has 0 radical (unpaired) electrons. The van der Waals surface area contributed by atoms with Gasteiger partial charge < -0.3 is 21.1 Å². The zero-order chi connectivity index (χ0) is 14.8. The van der Waals surface area contributed by atoms with Crippen molar-refractivity contribution in [1.29, 1.82) is 0 Å². The number of ether oxygens (including phenoxy) is 1. The van der Waals surface area contributed by atoms with E-state index in [1.165, 1.54) is 0 Å². The molecule has 1 aromatic rings. The van der Waals surface area contributed by atoms with Crippen molar-refractivity contribution in [3.8, 4) is 0 Å². The summed E-state index contributed by atoms with van der Waals surface area (Å²) in [5, 5.41) is 5.32. The van der Waals surface area contributed by atoms with E-state index in [4.69, 9.17) is 10.5 Å². The van der Waals surface area contributed by atoms with Crippen LogP contribution in [0.4, 0.5) is 0 Å². The van der Waals surface area contributed by atoms with Gasteiger partial charge in [0.05, 0.1) is 6.61 Å². The summed E-state index contributed by atoms with van der Waals surface area (Å²) in [6, 6.07) is 8.38. The maximum atomic E-state index is 11.8. The first-order chi connectivity index (χ1) is 9.65. The van der Waals surface area contributed by atoms with Gasteiger partial charge in [0.25, 0.3) is 0 Å². The first-order valence-electron chi connectivity index (χ1n) is 6.49. The molecule has 1 atom stereocenters. The van der Waals surface area contributed by atoms with Crippen LogP contribution in [0.1, 0.15) is 18.0 Å². The largest absolute Gasteiger partial charge is 0.383 e. The van der Waals surface area contributed by atoms with Crippen molar-refractivity contribution < 1.29 is 14.3 Å². The number of carbonyl (C=O) groups excluding carboxylic acids is 2. The Morgan fingerprint density at radius 3 is 2.55 bits per heavy atom. The van der Waals surface area contributed by atoms with E-state index in [-0.39, 0.29) is 24.8 Å². The number of hydrogen-bond acceptors (Lipinski definition) is 4. The summed E-state index contributed by atoms with van der Waals surface area (Å²) in [4.78, 5) is 23.2. The molecule has 2 amide bonds. The third kappa shape index (κ3) is 5.81. The molecule has 1 rings (SSSR count). The minimum absolute atomic E-state index is 0.129. The van der Waals surface area contributed by atoms with Crippen LogP contribution in [0.2, 0.25) is 0 Å². The highest BCUT2D eigenvalue weighted by molar-refractivity contribution is 5.83. The third-order valence-electron chi connectivity index (χ3n) is 2.72. The minimum Gasteiger partial charge on any atom is -0.383 e. The van der Waals surface area contributed by atoms with Crippen LogP contribution in [0.25, 0.3) is 0 Å². The van der Waals surface area contributed by atoms with Gasteiger partial charge in [-0.25, -0.2) is 0 Å². The zero-order valence-electron chi connectivity index (χ0n) is 11.6. The summed E-state index contributed by atoms with van der Waals surface area (Å²) < 4.78 is 4.81. The molecule has 0 spiro atoms. The van der Waals surface area contributed by atoms with Gasteiger partial charge in [0, 0.05) is 26.6 Å². The highest BCUT2D eigenvalue weighted by Crippen LogP contribution is 2.08. The highest BCUT2D eigenvalue weighted by atomic mass is 16.5. The summed E-state index contributed by atoms with van der Waals surface area (Å²) in [6.07, 6.45) is 0.219. The number of hydrogen-bond donors (Lipinski definition) is 3. The molecule has 0 aliphatic carbocycles. The van der Waals surface area contributed by atoms with Gasteiger partial charge in [-0.05, 0) is 5.56 Å². The van der Waals surface area contributed by atoms with Gasteiger partial charge in [-0.3, -0.25) is 9.59 Å². The average molecular weight is 279 g/mol. The first kappa shape index (κ1) is 16.1. The van der Waals surface area contributed by atoms with E-state index in [1.54, 1.807) is 19.2 Å². The molecule has 0 unspecified atom stereocenters. The van der Waals surface area contributed by atoms with Crippen molar-refractivity contribution in [3.63, 3.8) is 0 Å². The molecular weight excluding hydrogens is 258 g/mol. The van der Waals surface area contributed by atoms with E-state index >= 15 is 0 Å². The molecule has 0 aliphatic heterocycles. The van der Waals surface area contributed by atoms with Crippen molar-refractivity contribution >= 4 is 11.8 Å². The van der Waals surface area contributed by atoms with E-state index in [0.29, 0.717) is 13.2 Å². The smallest absolute Gasteiger partial charge is 0.241 e. The van der Waals surface area contributed by atoms with E-state index in [9.17, 15) is 9.59 Å². The Morgan fingerprint density at radius 2 is 1.90 bits per heavy atom. The Balaban J connectivity index is 2.24. The molecule has 1 aromatic carbocycles. The van der Waals surface area contributed by atoms with Crippen LogP contribution in [0, 0.1) is 0 Å². The van der Waals surface area contributed by atoms with Crippen molar-refractivity contribution in [2.24, 2.45) is 5.73 Å². The summed E-state index contributed by atoms with van der Waals surface area (Å²) >= 11 is 0. The number of nitrogens with two attached hydrogens (primary N) is 1. The van der Waals surface area contributed by atoms with Gasteiger partial charge in [0.2, 0.25) is 11.8 Å². The van der Waals surface area contributed by atoms with Crippen molar-refractivity contribution in [2.45, 2.75) is 12.5 Å². The Labute approximate surface area is 118 Å². The molecule has 4 N–H and O–H groups in total. The molecule has 110 valence electrons. The van der Waals surface area contributed by atoms with Gasteiger partial charge in [0.15, 0.2) is 0 Å². The van der Waals surface area contributed by atoms with E-state index in [2.05, 4.69) is 10.6 Å². The lowest BCUT2D eigenvalue weighted by molar-refractivity contribution is -0.123. The third-order valence-corrected chi connectivity index (χ3v) is 2.72. The van der Waals surface area contributed by atoms with Gasteiger partial charge in [0.1, 0.15) is 6.04 Å². The molecule has 20 heavy (non-hydrogen) atoms. The molecule has 6 heteroatoms. The topological polar surface area (TPSA) is 93.5 Å². The van der Waals surface area contributed by atoms with Gasteiger partial charge in [-0.1, -0.05) is 30.3 Å². The Hall–Kier alpha value is -1.92. The standard InChI is InChI=1S/C14H21N3O3/c1-20-10-9-16-12(18)7-8-17-14(19)13(15)11-5-3-2-4-6-11/h2-6,13H,7-10,15H2,1H3,(H,16,18)(H,17,19)/t13-/m1/s1. The number of carbonyl (C=O) groups is 2. The zero-order valence-corrected chi connectivity index (χ0v) is 11.6. The maximum Gasteiger partial charge on any atom is 0.241 e. The molecular formula is C14H21N3O3. The number of methoxy groups -OCH3 is 1. The Morgan fingerprint density at radius 1 is 1.20 bits per heavy atom. The Bertz CT molecular complexity index is 423. The van der Waals surface area contributed by atoms with E-state index < -0.39 is 6.04 Å². The van der Waals surface area contributed by atoms with Gasteiger partial charge in [-0.2, -0.15) is 0 Å². The lowest BCUT2D eigenvalue weighted by Crippen LogP contribution is -2.37. The van der Waals surface area contributed by atoms with Crippen LogP contribution in [0.15, 0.2) is 30.3 Å². The summed E-state index contributed by atoms with van der Waals surface area (Å²) in [5.74, 6) is -0.420. The Kier molecular flexibility index (Phi) is 7.31. The second-order valence-corrected chi connectivity index (χ2v) is 4.27. The summed E-state index contributed by atoms with van der Waals surface area (Å²) in [6.45, 7) is 1.20. The van der Waals surface area contributed by atoms with Crippen LogP contribution in [-0.4, -0.2) is 38.6 Å². The maximum absolute atomic E-state index is 11.8. The fourth-order valence-corrected chi connectivity index (χ4v) is 1.60. The number of nitrogens with one attached hydrogen (secondary N) is 2. The van der Waals surface area contributed by atoms with Crippen LogP contribution in [-0.2, 0) is 14.3 Å². The van der Waals surface area contributed by atoms with Crippen LogP contribution >= 0.6 is 0 Å². The molecule has 0 aromatic heterocycles. The second kappa shape index (κ2) is 9.06. The normalized spacial score (nSPS) is 11.7. The van der Waals surface area contributed by atoms with Crippen molar-refractivity contribution in [2.75, 3.05) is 26.8 Å². The van der Waals surface area contributed by atoms with Crippen LogP contribution < -0.4 is 16.4 Å². The summed E-state index contributed by atoms with van der Waals surface area (Å²) in [7, 11) is 1.57. The second-order valence-electron chi connectivity index (χ2n) is 4.27. The quantitative estimate of drug-likeness (QED) is 0.582. The predicted molar refractivity (Wildman–Crippen MR) is 75.9 cm³/mol. The predicted octanol–water partition coefficient (Wildman–Crippen LogP) is -0.0447. The van der Waals surface area contributed by atoms with Crippen molar-refractivity contribution in [1.82, 2.24) is 10.6 Å². The molecule has 6 nitrogen and oxygen atoms in total. The van der Waals surface area contributed by atoms with E-state index in [1.807, 2.05) is 18.2 Å². The fraction of sp³-hybridized carbons (Fsp3) is 0.429. The number of benzene rings is 1. The molecule has 0 saturated heterocycles.